The molecule has 0 aliphatic rings. The van der Waals surface area contributed by atoms with Crippen LogP contribution in [0.1, 0.15) is 21.5 Å². The molecule has 100 valence electrons. The number of hydrogen-bond donors (Lipinski definition) is 2. The number of nitrogens with zero attached hydrogens (tertiary/aromatic N) is 3. The fourth-order valence-corrected chi connectivity index (χ4v) is 1.84. The van der Waals surface area contributed by atoms with Crippen LogP contribution < -0.4 is 5.32 Å². The first-order chi connectivity index (χ1) is 9.08. The van der Waals surface area contributed by atoms with E-state index in [1.54, 1.807) is 30.1 Å². The average molecular weight is 260 g/mol. The Labute approximate surface area is 111 Å². The van der Waals surface area contributed by atoms with Crippen LogP contribution in [0.5, 0.6) is 0 Å². The van der Waals surface area contributed by atoms with Crippen molar-refractivity contribution in [2.45, 2.75) is 20.4 Å². The van der Waals surface area contributed by atoms with Gasteiger partial charge in [-0.15, -0.1) is 0 Å². The van der Waals surface area contributed by atoms with Crippen molar-refractivity contribution in [3.8, 4) is 0 Å². The van der Waals surface area contributed by atoms with E-state index >= 15 is 0 Å². The lowest BCUT2D eigenvalue weighted by molar-refractivity contribution is 0.0697. The number of carboxylic acids is 1. The third kappa shape index (κ3) is 3.09. The Morgan fingerprint density at radius 1 is 1.47 bits per heavy atom. The normalized spacial score (nSPS) is 10.4. The van der Waals surface area contributed by atoms with Crippen LogP contribution in [-0.4, -0.2) is 32.4 Å². The molecule has 2 rings (SSSR count). The molecule has 6 heteroatoms. The number of aromatic carboxylic acids is 1. The smallest absolute Gasteiger partial charge is 0.339 e. The van der Waals surface area contributed by atoms with Crippen LogP contribution in [0, 0.1) is 13.8 Å². The second kappa shape index (κ2) is 5.51. The Hall–Kier alpha value is -2.37. The maximum absolute atomic E-state index is 11.2. The molecule has 0 unspecified atom stereocenters. The lowest BCUT2D eigenvalue weighted by atomic mass is 10.1. The first-order valence-corrected chi connectivity index (χ1v) is 6.00. The SMILES string of the molecule is Cc1cnn(CCNc2nccc(C)c2C(=O)O)c1. The van der Waals surface area contributed by atoms with E-state index in [-0.39, 0.29) is 5.56 Å². The highest BCUT2D eigenvalue weighted by molar-refractivity contribution is 5.94. The molecule has 2 aromatic rings. The van der Waals surface area contributed by atoms with E-state index in [4.69, 9.17) is 5.11 Å². The average Bonchev–Trinajstić information content (AvgIpc) is 2.74. The Bertz CT molecular complexity index is 592. The molecule has 0 radical (unpaired) electrons. The van der Waals surface area contributed by atoms with Gasteiger partial charge in [0.1, 0.15) is 11.4 Å². The summed E-state index contributed by atoms with van der Waals surface area (Å²) in [5.41, 5.74) is 2.01. The minimum atomic E-state index is -0.969. The Kier molecular flexibility index (Phi) is 3.79. The minimum Gasteiger partial charge on any atom is -0.478 e. The molecule has 0 atom stereocenters. The number of rotatable bonds is 5. The van der Waals surface area contributed by atoms with Gasteiger partial charge in [0.15, 0.2) is 0 Å². The van der Waals surface area contributed by atoms with Crippen molar-refractivity contribution in [1.29, 1.82) is 0 Å². The number of carboxylic acid groups (broad SMARTS) is 1. The molecule has 0 aliphatic carbocycles. The highest BCUT2D eigenvalue weighted by atomic mass is 16.4. The predicted molar refractivity (Wildman–Crippen MR) is 71.4 cm³/mol. The van der Waals surface area contributed by atoms with E-state index in [1.165, 1.54) is 0 Å². The zero-order chi connectivity index (χ0) is 13.8. The van der Waals surface area contributed by atoms with Crippen molar-refractivity contribution >= 4 is 11.8 Å². The number of anilines is 1. The molecule has 19 heavy (non-hydrogen) atoms. The molecular weight excluding hydrogens is 244 g/mol. The van der Waals surface area contributed by atoms with Gasteiger partial charge >= 0.3 is 5.97 Å². The van der Waals surface area contributed by atoms with Gasteiger partial charge in [-0.2, -0.15) is 5.10 Å². The molecule has 0 spiro atoms. The third-order valence-electron chi connectivity index (χ3n) is 2.77. The zero-order valence-corrected chi connectivity index (χ0v) is 10.9. The standard InChI is InChI=1S/C13H16N4O2/c1-9-7-16-17(8-9)6-5-15-12-11(13(18)19)10(2)3-4-14-12/h3-4,7-8H,5-6H2,1-2H3,(H,14,15)(H,18,19). The molecule has 0 aromatic carbocycles. The van der Waals surface area contributed by atoms with Crippen molar-refractivity contribution < 1.29 is 9.90 Å². The monoisotopic (exact) mass is 260 g/mol. The summed E-state index contributed by atoms with van der Waals surface area (Å²) < 4.78 is 1.80. The number of carbonyl (C=O) groups is 1. The van der Waals surface area contributed by atoms with Crippen molar-refractivity contribution in [3.05, 3.63) is 41.3 Å². The first kappa shape index (κ1) is 13.1. The van der Waals surface area contributed by atoms with Gasteiger partial charge in [0.25, 0.3) is 0 Å². The lowest BCUT2D eigenvalue weighted by Gasteiger charge is -2.10. The summed E-state index contributed by atoms with van der Waals surface area (Å²) >= 11 is 0. The van der Waals surface area contributed by atoms with Crippen LogP contribution in [0.2, 0.25) is 0 Å². The second-order valence-corrected chi connectivity index (χ2v) is 4.36. The van der Waals surface area contributed by atoms with Crippen LogP contribution >= 0.6 is 0 Å². The number of nitrogens with one attached hydrogen (secondary N) is 1. The molecule has 0 amide bonds. The van der Waals surface area contributed by atoms with Gasteiger partial charge in [0, 0.05) is 18.9 Å². The van der Waals surface area contributed by atoms with Gasteiger partial charge in [-0.1, -0.05) is 0 Å². The van der Waals surface area contributed by atoms with Gasteiger partial charge in [-0.3, -0.25) is 4.68 Å². The minimum absolute atomic E-state index is 0.221. The number of pyridine rings is 1. The van der Waals surface area contributed by atoms with Crippen LogP contribution in [0.25, 0.3) is 0 Å². The predicted octanol–water partition coefficient (Wildman–Crippen LogP) is 1.71. The molecule has 2 aromatic heterocycles. The van der Waals surface area contributed by atoms with Gasteiger partial charge in [-0.25, -0.2) is 9.78 Å². The van der Waals surface area contributed by atoms with Crippen molar-refractivity contribution in [1.82, 2.24) is 14.8 Å². The van der Waals surface area contributed by atoms with Crippen molar-refractivity contribution in [2.75, 3.05) is 11.9 Å². The van der Waals surface area contributed by atoms with E-state index < -0.39 is 5.97 Å². The third-order valence-corrected chi connectivity index (χ3v) is 2.77. The molecule has 2 N–H and O–H groups in total. The molecule has 0 saturated heterocycles. The van der Waals surface area contributed by atoms with Gasteiger partial charge in [-0.05, 0) is 31.0 Å². The Morgan fingerprint density at radius 3 is 2.89 bits per heavy atom. The van der Waals surface area contributed by atoms with E-state index in [0.717, 1.165) is 5.56 Å². The van der Waals surface area contributed by atoms with Crippen molar-refractivity contribution in [3.63, 3.8) is 0 Å². The molecule has 2 heterocycles. The van der Waals surface area contributed by atoms with Gasteiger partial charge in [0.05, 0.1) is 12.7 Å². The Morgan fingerprint density at radius 2 is 2.26 bits per heavy atom. The topological polar surface area (TPSA) is 80.0 Å². The van der Waals surface area contributed by atoms with E-state index in [1.807, 2.05) is 13.1 Å². The molecule has 0 saturated carbocycles. The summed E-state index contributed by atoms with van der Waals surface area (Å²) in [5, 5.41) is 16.4. The molecular formula is C13H16N4O2. The zero-order valence-electron chi connectivity index (χ0n) is 10.9. The first-order valence-electron chi connectivity index (χ1n) is 6.00. The largest absolute Gasteiger partial charge is 0.478 e. The number of aryl methyl sites for hydroxylation is 2. The summed E-state index contributed by atoms with van der Waals surface area (Å²) in [6.45, 7) is 4.95. The van der Waals surface area contributed by atoms with E-state index in [9.17, 15) is 4.79 Å². The van der Waals surface area contributed by atoms with Crippen LogP contribution in [0.4, 0.5) is 5.82 Å². The summed E-state index contributed by atoms with van der Waals surface area (Å²) in [7, 11) is 0. The Balaban J connectivity index is 2.03. The van der Waals surface area contributed by atoms with Crippen LogP contribution in [-0.2, 0) is 6.54 Å². The number of hydrogen-bond acceptors (Lipinski definition) is 4. The van der Waals surface area contributed by atoms with Gasteiger partial charge < -0.3 is 10.4 Å². The fraction of sp³-hybridized carbons (Fsp3) is 0.308. The lowest BCUT2D eigenvalue weighted by Crippen LogP contribution is -2.15. The van der Waals surface area contributed by atoms with E-state index in [2.05, 4.69) is 15.4 Å². The molecule has 0 fully saturated rings. The highest BCUT2D eigenvalue weighted by Gasteiger charge is 2.13. The van der Waals surface area contributed by atoms with Crippen molar-refractivity contribution in [2.24, 2.45) is 0 Å². The summed E-state index contributed by atoms with van der Waals surface area (Å²) in [4.78, 5) is 15.3. The van der Waals surface area contributed by atoms with Crippen LogP contribution in [0.15, 0.2) is 24.7 Å². The summed E-state index contributed by atoms with van der Waals surface area (Å²) in [6.07, 6.45) is 5.32. The summed E-state index contributed by atoms with van der Waals surface area (Å²) in [6, 6.07) is 1.69. The highest BCUT2D eigenvalue weighted by Crippen LogP contribution is 2.16. The maximum Gasteiger partial charge on any atom is 0.339 e. The fourth-order valence-electron chi connectivity index (χ4n) is 1.84. The quantitative estimate of drug-likeness (QED) is 0.855. The molecule has 0 aliphatic heterocycles. The van der Waals surface area contributed by atoms with E-state index in [0.29, 0.717) is 24.5 Å². The summed E-state index contributed by atoms with van der Waals surface area (Å²) in [5.74, 6) is -0.570. The van der Waals surface area contributed by atoms with Gasteiger partial charge in [0.2, 0.25) is 0 Å². The second-order valence-electron chi connectivity index (χ2n) is 4.36. The molecule has 0 bridgehead atoms. The number of aromatic nitrogens is 3. The maximum atomic E-state index is 11.2. The molecule has 6 nitrogen and oxygen atoms in total. The van der Waals surface area contributed by atoms with Crippen LogP contribution in [0.3, 0.4) is 0 Å².